The lowest BCUT2D eigenvalue weighted by Gasteiger charge is -2.12. The molecule has 13 heavy (non-hydrogen) atoms. The molecule has 0 spiro atoms. The third kappa shape index (κ3) is 2.52. The van der Waals surface area contributed by atoms with Gasteiger partial charge in [0.15, 0.2) is 0 Å². The number of aryl methyl sites for hydroxylation is 1. The molecule has 1 N–H and O–H groups in total. The molecule has 4 nitrogen and oxygen atoms in total. The molecule has 0 aromatic carbocycles. The van der Waals surface area contributed by atoms with Crippen LogP contribution in [0.4, 0.5) is 0 Å². The SMILES string of the molecule is CCn1nncc1C(O)CC(C)C. The van der Waals surface area contributed by atoms with Crippen molar-refractivity contribution in [2.45, 2.75) is 39.8 Å². The first-order valence-corrected chi connectivity index (χ1v) is 4.71. The molecule has 0 saturated carbocycles. The van der Waals surface area contributed by atoms with Crippen LogP contribution in [0.25, 0.3) is 0 Å². The van der Waals surface area contributed by atoms with Gasteiger partial charge in [-0.05, 0) is 19.3 Å². The number of hydrogen-bond donors (Lipinski definition) is 1. The fourth-order valence-electron chi connectivity index (χ4n) is 1.34. The molecule has 74 valence electrons. The summed E-state index contributed by atoms with van der Waals surface area (Å²) >= 11 is 0. The Morgan fingerprint density at radius 1 is 1.54 bits per heavy atom. The molecule has 0 aliphatic carbocycles. The van der Waals surface area contributed by atoms with Crippen LogP contribution in [0.2, 0.25) is 0 Å². The normalized spacial score (nSPS) is 13.6. The van der Waals surface area contributed by atoms with Crippen molar-refractivity contribution in [3.8, 4) is 0 Å². The van der Waals surface area contributed by atoms with Gasteiger partial charge in [0.25, 0.3) is 0 Å². The Hall–Kier alpha value is -0.900. The van der Waals surface area contributed by atoms with Crippen molar-refractivity contribution < 1.29 is 5.11 Å². The molecule has 1 aromatic rings. The molecular weight excluding hydrogens is 166 g/mol. The van der Waals surface area contributed by atoms with Crippen LogP contribution in [-0.2, 0) is 6.54 Å². The summed E-state index contributed by atoms with van der Waals surface area (Å²) in [6, 6.07) is 0. The Morgan fingerprint density at radius 2 is 2.23 bits per heavy atom. The summed E-state index contributed by atoms with van der Waals surface area (Å²) in [4.78, 5) is 0. The predicted molar refractivity (Wildman–Crippen MR) is 50.1 cm³/mol. The molecule has 0 amide bonds. The van der Waals surface area contributed by atoms with Gasteiger partial charge in [0.05, 0.1) is 18.0 Å². The van der Waals surface area contributed by atoms with Gasteiger partial charge in [-0.15, -0.1) is 5.10 Å². The van der Waals surface area contributed by atoms with E-state index < -0.39 is 6.10 Å². The number of rotatable bonds is 4. The Kier molecular flexibility index (Phi) is 3.42. The summed E-state index contributed by atoms with van der Waals surface area (Å²) in [5, 5.41) is 17.4. The van der Waals surface area contributed by atoms with Gasteiger partial charge >= 0.3 is 0 Å². The zero-order valence-corrected chi connectivity index (χ0v) is 8.44. The zero-order chi connectivity index (χ0) is 9.84. The smallest absolute Gasteiger partial charge is 0.0975 e. The van der Waals surface area contributed by atoms with Crippen LogP contribution < -0.4 is 0 Å². The second kappa shape index (κ2) is 4.37. The van der Waals surface area contributed by atoms with Crippen LogP contribution >= 0.6 is 0 Å². The molecule has 0 saturated heterocycles. The Morgan fingerprint density at radius 3 is 2.77 bits per heavy atom. The summed E-state index contributed by atoms with van der Waals surface area (Å²) in [5.41, 5.74) is 0.816. The molecule has 0 bridgehead atoms. The topological polar surface area (TPSA) is 50.9 Å². The second-order valence-electron chi connectivity index (χ2n) is 3.62. The largest absolute Gasteiger partial charge is 0.387 e. The van der Waals surface area contributed by atoms with Crippen molar-refractivity contribution in [1.82, 2.24) is 15.0 Å². The van der Waals surface area contributed by atoms with E-state index in [4.69, 9.17) is 0 Å². The van der Waals surface area contributed by atoms with Gasteiger partial charge in [-0.1, -0.05) is 19.1 Å². The summed E-state index contributed by atoms with van der Waals surface area (Å²) in [6.07, 6.45) is 1.96. The second-order valence-corrected chi connectivity index (χ2v) is 3.62. The molecular formula is C9H17N3O. The van der Waals surface area contributed by atoms with Gasteiger partial charge in [0.2, 0.25) is 0 Å². The van der Waals surface area contributed by atoms with Crippen LogP contribution in [0.5, 0.6) is 0 Å². The van der Waals surface area contributed by atoms with Gasteiger partial charge < -0.3 is 5.11 Å². The number of aromatic nitrogens is 3. The molecule has 4 heteroatoms. The molecule has 0 radical (unpaired) electrons. The average Bonchev–Trinajstić information content (AvgIpc) is 2.49. The van der Waals surface area contributed by atoms with E-state index in [2.05, 4.69) is 24.2 Å². The van der Waals surface area contributed by atoms with Gasteiger partial charge in [0.1, 0.15) is 0 Å². The van der Waals surface area contributed by atoms with E-state index in [0.717, 1.165) is 18.7 Å². The number of hydrogen-bond acceptors (Lipinski definition) is 3. The maximum absolute atomic E-state index is 9.79. The molecule has 1 unspecified atom stereocenters. The first kappa shape index (κ1) is 10.2. The minimum Gasteiger partial charge on any atom is -0.387 e. The lowest BCUT2D eigenvalue weighted by atomic mass is 10.0. The number of aliphatic hydroxyl groups is 1. The van der Waals surface area contributed by atoms with E-state index in [0.29, 0.717) is 5.92 Å². The van der Waals surface area contributed by atoms with Gasteiger partial charge in [-0.25, -0.2) is 4.68 Å². The Balaban J connectivity index is 2.69. The van der Waals surface area contributed by atoms with Crippen LogP contribution in [0, 0.1) is 5.92 Å². The highest BCUT2D eigenvalue weighted by atomic mass is 16.3. The highest BCUT2D eigenvalue weighted by Gasteiger charge is 2.14. The molecule has 1 heterocycles. The van der Waals surface area contributed by atoms with Gasteiger partial charge in [-0.3, -0.25) is 0 Å². The number of aliphatic hydroxyl groups excluding tert-OH is 1. The molecule has 1 rings (SSSR count). The Labute approximate surface area is 78.6 Å². The summed E-state index contributed by atoms with van der Waals surface area (Å²) < 4.78 is 1.73. The van der Waals surface area contributed by atoms with E-state index in [9.17, 15) is 5.11 Å². The fraction of sp³-hybridized carbons (Fsp3) is 0.778. The van der Waals surface area contributed by atoms with E-state index in [1.165, 1.54) is 0 Å². The zero-order valence-electron chi connectivity index (χ0n) is 8.44. The lowest BCUT2D eigenvalue weighted by Crippen LogP contribution is -2.09. The van der Waals surface area contributed by atoms with Crippen molar-refractivity contribution >= 4 is 0 Å². The quantitative estimate of drug-likeness (QED) is 0.767. The van der Waals surface area contributed by atoms with Crippen molar-refractivity contribution in [1.29, 1.82) is 0 Å². The van der Waals surface area contributed by atoms with E-state index in [1.807, 2.05) is 6.92 Å². The minimum atomic E-state index is -0.435. The first-order valence-electron chi connectivity index (χ1n) is 4.71. The number of nitrogens with zero attached hydrogens (tertiary/aromatic N) is 3. The highest BCUT2D eigenvalue weighted by molar-refractivity contribution is 4.98. The fourth-order valence-corrected chi connectivity index (χ4v) is 1.34. The lowest BCUT2D eigenvalue weighted by molar-refractivity contribution is 0.141. The molecule has 1 atom stereocenters. The van der Waals surface area contributed by atoms with E-state index in [1.54, 1.807) is 10.9 Å². The molecule has 1 aromatic heterocycles. The van der Waals surface area contributed by atoms with Crippen molar-refractivity contribution in [3.05, 3.63) is 11.9 Å². The average molecular weight is 183 g/mol. The summed E-state index contributed by atoms with van der Waals surface area (Å²) in [5.74, 6) is 0.482. The first-order chi connectivity index (χ1) is 6.15. The summed E-state index contributed by atoms with van der Waals surface area (Å²) in [7, 11) is 0. The minimum absolute atomic E-state index is 0.435. The van der Waals surface area contributed by atoms with Gasteiger partial charge in [-0.2, -0.15) is 0 Å². The maximum Gasteiger partial charge on any atom is 0.0975 e. The third-order valence-corrected chi connectivity index (χ3v) is 1.98. The highest BCUT2D eigenvalue weighted by Crippen LogP contribution is 2.19. The predicted octanol–water partition coefficient (Wildman–Crippen LogP) is 1.38. The van der Waals surface area contributed by atoms with Gasteiger partial charge in [0, 0.05) is 6.54 Å². The van der Waals surface area contributed by atoms with Crippen LogP contribution in [-0.4, -0.2) is 20.1 Å². The summed E-state index contributed by atoms with van der Waals surface area (Å²) in [6.45, 7) is 6.91. The van der Waals surface area contributed by atoms with E-state index in [-0.39, 0.29) is 0 Å². The van der Waals surface area contributed by atoms with Crippen molar-refractivity contribution in [2.24, 2.45) is 5.92 Å². The standard InChI is InChI=1S/C9H17N3O/c1-4-12-8(6-10-11-12)9(13)5-7(2)3/h6-7,9,13H,4-5H2,1-3H3. The van der Waals surface area contributed by atoms with Crippen molar-refractivity contribution in [2.75, 3.05) is 0 Å². The van der Waals surface area contributed by atoms with Crippen LogP contribution in [0.3, 0.4) is 0 Å². The van der Waals surface area contributed by atoms with Crippen LogP contribution in [0.15, 0.2) is 6.20 Å². The third-order valence-electron chi connectivity index (χ3n) is 1.98. The maximum atomic E-state index is 9.79. The Bertz CT molecular complexity index is 257. The molecule has 0 fully saturated rings. The molecule has 0 aliphatic rings. The van der Waals surface area contributed by atoms with E-state index >= 15 is 0 Å². The molecule has 0 aliphatic heterocycles. The van der Waals surface area contributed by atoms with Crippen LogP contribution in [0.1, 0.15) is 39.0 Å². The monoisotopic (exact) mass is 183 g/mol. The van der Waals surface area contributed by atoms with Crippen molar-refractivity contribution in [3.63, 3.8) is 0 Å².